The van der Waals surface area contributed by atoms with E-state index in [4.69, 9.17) is 0 Å². The highest BCUT2D eigenvalue weighted by molar-refractivity contribution is 5.54. The molecule has 0 saturated carbocycles. The summed E-state index contributed by atoms with van der Waals surface area (Å²) in [6.07, 6.45) is 0.544. The van der Waals surface area contributed by atoms with Gasteiger partial charge in [0.2, 0.25) is 0 Å². The molecule has 1 aliphatic heterocycles. The Morgan fingerprint density at radius 3 is 2.71 bits per heavy atom. The van der Waals surface area contributed by atoms with Gasteiger partial charge in [-0.1, -0.05) is 6.92 Å². The molecule has 1 aromatic rings. The van der Waals surface area contributed by atoms with Crippen molar-refractivity contribution < 1.29 is 9.50 Å². The maximum atomic E-state index is 13.6. The Morgan fingerprint density at radius 2 is 2.10 bits per heavy atom. The standard InChI is InChI=1S/C17H27FN2O/c1-12-11-20(8-7-16(12)21)15-6-5-14(18)9-13(15)10-19-17(2,3)4/h5-6,9,12,16,19,21H,7-8,10-11H2,1-4H3. The van der Waals surface area contributed by atoms with E-state index in [1.165, 1.54) is 6.07 Å². The van der Waals surface area contributed by atoms with Crippen molar-refractivity contribution in [2.75, 3.05) is 18.0 Å². The first kappa shape index (κ1) is 16.2. The molecule has 2 N–H and O–H groups in total. The summed E-state index contributed by atoms with van der Waals surface area (Å²) < 4.78 is 13.6. The lowest BCUT2D eigenvalue weighted by Gasteiger charge is -2.37. The molecule has 1 fully saturated rings. The third-order valence-electron chi connectivity index (χ3n) is 4.05. The van der Waals surface area contributed by atoms with Gasteiger partial charge < -0.3 is 15.3 Å². The molecule has 0 bridgehead atoms. The zero-order valence-corrected chi connectivity index (χ0v) is 13.5. The van der Waals surface area contributed by atoms with Gasteiger partial charge in [-0.15, -0.1) is 0 Å². The quantitative estimate of drug-likeness (QED) is 0.900. The van der Waals surface area contributed by atoms with Crippen LogP contribution >= 0.6 is 0 Å². The number of nitrogens with zero attached hydrogens (tertiary/aromatic N) is 1. The van der Waals surface area contributed by atoms with Gasteiger partial charge >= 0.3 is 0 Å². The Kier molecular flexibility index (Phi) is 4.89. The average Bonchev–Trinajstić information content (AvgIpc) is 2.39. The summed E-state index contributed by atoms with van der Waals surface area (Å²) in [5.41, 5.74) is 2.05. The summed E-state index contributed by atoms with van der Waals surface area (Å²) in [4.78, 5) is 2.26. The lowest BCUT2D eigenvalue weighted by atomic mass is 9.95. The molecule has 3 nitrogen and oxygen atoms in total. The van der Waals surface area contributed by atoms with Crippen LogP contribution in [0.2, 0.25) is 0 Å². The molecule has 2 atom stereocenters. The second kappa shape index (κ2) is 6.32. The summed E-state index contributed by atoms with van der Waals surface area (Å²) in [6.45, 7) is 10.6. The third kappa shape index (κ3) is 4.42. The second-order valence-corrected chi connectivity index (χ2v) is 7.16. The van der Waals surface area contributed by atoms with Crippen LogP contribution in [0.15, 0.2) is 18.2 Å². The van der Waals surface area contributed by atoms with Crippen LogP contribution in [0.3, 0.4) is 0 Å². The smallest absolute Gasteiger partial charge is 0.123 e. The first-order chi connectivity index (χ1) is 9.76. The first-order valence-electron chi connectivity index (χ1n) is 7.73. The van der Waals surface area contributed by atoms with Gasteiger partial charge in [-0.25, -0.2) is 4.39 Å². The average molecular weight is 294 g/mol. The highest BCUT2D eigenvalue weighted by Crippen LogP contribution is 2.27. The fraction of sp³-hybridized carbons (Fsp3) is 0.647. The summed E-state index contributed by atoms with van der Waals surface area (Å²) in [5.74, 6) is 0.0433. The van der Waals surface area contributed by atoms with E-state index >= 15 is 0 Å². The predicted molar refractivity (Wildman–Crippen MR) is 85.0 cm³/mol. The van der Waals surface area contributed by atoms with Crippen molar-refractivity contribution >= 4 is 5.69 Å². The highest BCUT2D eigenvalue weighted by atomic mass is 19.1. The molecule has 1 heterocycles. The van der Waals surface area contributed by atoms with Gasteiger partial charge in [-0.05, 0) is 56.9 Å². The zero-order valence-electron chi connectivity index (χ0n) is 13.5. The van der Waals surface area contributed by atoms with Crippen molar-refractivity contribution in [3.63, 3.8) is 0 Å². The van der Waals surface area contributed by atoms with Crippen molar-refractivity contribution in [1.82, 2.24) is 5.32 Å². The van der Waals surface area contributed by atoms with Crippen LogP contribution in [-0.2, 0) is 6.54 Å². The maximum Gasteiger partial charge on any atom is 0.123 e. The number of nitrogens with one attached hydrogen (secondary N) is 1. The monoisotopic (exact) mass is 294 g/mol. The Bertz CT molecular complexity index is 484. The van der Waals surface area contributed by atoms with E-state index in [0.29, 0.717) is 6.54 Å². The van der Waals surface area contributed by atoms with E-state index in [9.17, 15) is 9.50 Å². The second-order valence-electron chi connectivity index (χ2n) is 7.16. The van der Waals surface area contributed by atoms with Crippen LogP contribution in [0.4, 0.5) is 10.1 Å². The summed E-state index contributed by atoms with van der Waals surface area (Å²) in [6, 6.07) is 4.99. The summed E-state index contributed by atoms with van der Waals surface area (Å²) in [7, 11) is 0. The molecule has 0 amide bonds. The van der Waals surface area contributed by atoms with Gasteiger partial charge in [-0.3, -0.25) is 0 Å². The molecule has 4 heteroatoms. The number of aliphatic hydroxyl groups is 1. The molecule has 0 aliphatic carbocycles. The summed E-state index contributed by atoms with van der Waals surface area (Å²) >= 11 is 0. The number of halogens is 1. The van der Waals surface area contributed by atoms with Gasteiger partial charge in [0.15, 0.2) is 0 Å². The van der Waals surface area contributed by atoms with Gasteiger partial charge in [0.1, 0.15) is 5.82 Å². The fourth-order valence-corrected chi connectivity index (χ4v) is 2.72. The number of hydrogen-bond donors (Lipinski definition) is 2. The Morgan fingerprint density at radius 1 is 1.38 bits per heavy atom. The number of benzene rings is 1. The highest BCUT2D eigenvalue weighted by Gasteiger charge is 2.25. The van der Waals surface area contributed by atoms with E-state index < -0.39 is 0 Å². The molecule has 1 aliphatic rings. The van der Waals surface area contributed by atoms with Crippen LogP contribution < -0.4 is 10.2 Å². The molecular formula is C17H27FN2O. The fourth-order valence-electron chi connectivity index (χ4n) is 2.72. The normalized spacial score (nSPS) is 23.4. The van der Waals surface area contributed by atoms with Crippen LogP contribution in [0.5, 0.6) is 0 Å². The van der Waals surface area contributed by atoms with E-state index in [1.807, 2.05) is 6.07 Å². The minimum atomic E-state index is -0.224. The van der Waals surface area contributed by atoms with Crippen LogP contribution in [0.1, 0.15) is 39.7 Å². The summed E-state index contributed by atoms with van der Waals surface area (Å²) in [5, 5.41) is 13.3. The number of aliphatic hydroxyl groups excluding tert-OH is 1. The minimum absolute atomic E-state index is 0.00499. The lowest BCUT2D eigenvalue weighted by Crippen LogP contribution is -2.43. The molecule has 118 valence electrons. The first-order valence-corrected chi connectivity index (χ1v) is 7.73. The molecule has 1 saturated heterocycles. The number of hydrogen-bond acceptors (Lipinski definition) is 3. The molecule has 2 rings (SSSR count). The third-order valence-corrected chi connectivity index (χ3v) is 4.05. The SMILES string of the molecule is CC1CN(c2ccc(F)cc2CNC(C)(C)C)CCC1O. The maximum absolute atomic E-state index is 13.6. The molecule has 1 aromatic carbocycles. The molecule has 0 radical (unpaired) electrons. The van der Waals surface area contributed by atoms with Crippen molar-refractivity contribution in [1.29, 1.82) is 0 Å². The van der Waals surface area contributed by atoms with Gasteiger partial charge in [0, 0.05) is 30.9 Å². The largest absolute Gasteiger partial charge is 0.393 e. The molecule has 0 spiro atoms. The van der Waals surface area contributed by atoms with E-state index in [1.54, 1.807) is 6.07 Å². The zero-order chi connectivity index (χ0) is 15.6. The Labute approximate surface area is 127 Å². The van der Waals surface area contributed by atoms with E-state index in [-0.39, 0.29) is 23.4 Å². The Hall–Kier alpha value is -1.13. The van der Waals surface area contributed by atoms with Crippen LogP contribution in [0.25, 0.3) is 0 Å². The van der Waals surface area contributed by atoms with E-state index in [2.05, 4.69) is 37.9 Å². The minimum Gasteiger partial charge on any atom is -0.393 e. The Balaban J connectivity index is 2.18. The van der Waals surface area contributed by atoms with Gasteiger partial charge in [0.25, 0.3) is 0 Å². The molecule has 2 unspecified atom stereocenters. The van der Waals surface area contributed by atoms with Crippen molar-refractivity contribution in [2.45, 2.75) is 52.3 Å². The van der Waals surface area contributed by atoms with Crippen molar-refractivity contribution in [3.8, 4) is 0 Å². The lowest BCUT2D eigenvalue weighted by molar-refractivity contribution is 0.0970. The molecule has 0 aromatic heterocycles. The number of piperidine rings is 1. The predicted octanol–water partition coefficient (Wildman–Crippen LogP) is 2.92. The molecular weight excluding hydrogens is 267 g/mol. The number of rotatable bonds is 3. The number of anilines is 1. The van der Waals surface area contributed by atoms with Gasteiger partial charge in [0.05, 0.1) is 6.10 Å². The van der Waals surface area contributed by atoms with Crippen LogP contribution in [0, 0.1) is 11.7 Å². The van der Waals surface area contributed by atoms with Gasteiger partial charge in [-0.2, -0.15) is 0 Å². The van der Waals surface area contributed by atoms with E-state index in [0.717, 1.165) is 30.8 Å². The molecule has 21 heavy (non-hydrogen) atoms. The topological polar surface area (TPSA) is 35.5 Å². The van der Waals surface area contributed by atoms with Crippen LogP contribution in [-0.4, -0.2) is 29.8 Å². The van der Waals surface area contributed by atoms with Crippen molar-refractivity contribution in [2.24, 2.45) is 5.92 Å². The van der Waals surface area contributed by atoms with Crippen molar-refractivity contribution in [3.05, 3.63) is 29.6 Å².